The van der Waals surface area contributed by atoms with E-state index < -0.39 is 0 Å². The minimum absolute atomic E-state index is 0.104. The summed E-state index contributed by atoms with van der Waals surface area (Å²) in [6.07, 6.45) is 1.07. The van der Waals surface area contributed by atoms with Crippen molar-refractivity contribution in [3.63, 3.8) is 0 Å². The fourth-order valence-electron chi connectivity index (χ4n) is 3.34. The third-order valence-corrected chi connectivity index (χ3v) is 6.83. The molecule has 0 fully saturated rings. The number of rotatable bonds is 6. The number of hydrogen-bond acceptors (Lipinski definition) is 7. The fourth-order valence-corrected chi connectivity index (χ4v) is 5.20. The predicted octanol–water partition coefficient (Wildman–Crippen LogP) is 4.32. The van der Waals surface area contributed by atoms with Gasteiger partial charge < -0.3 is 9.42 Å². The van der Waals surface area contributed by atoms with Gasteiger partial charge in [0, 0.05) is 34.1 Å². The molecule has 162 valence electrons. The van der Waals surface area contributed by atoms with Crippen molar-refractivity contribution < 1.29 is 14.1 Å². The predicted molar refractivity (Wildman–Crippen MR) is 122 cm³/mol. The van der Waals surface area contributed by atoms with Crippen molar-refractivity contribution in [1.82, 2.24) is 15.0 Å². The van der Waals surface area contributed by atoms with Gasteiger partial charge in [-0.1, -0.05) is 42.5 Å². The van der Waals surface area contributed by atoms with Gasteiger partial charge in [-0.3, -0.25) is 14.9 Å². The van der Waals surface area contributed by atoms with Crippen LogP contribution >= 0.6 is 23.1 Å². The Bertz CT molecular complexity index is 1090. The Labute approximate surface area is 189 Å². The van der Waals surface area contributed by atoms with Gasteiger partial charge in [0.15, 0.2) is 10.8 Å². The highest BCUT2D eigenvalue weighted by Crippen LogP contribution is 2.29. The number of nitrogens with zero attached hydrogens (tertiary/aromatic N) is 3. The molecule has 0 atom stereocenters. The molecule has 1 aliphatic rings. The summed E-state index contributed by atoms with van der Waals surface area (Å²) in [4.78, 5) is 33.7. The number of carbonyl (C=O) groups is 2. The molecule has 1 N–H and O–H groups in total. The third kappa shape index (κ3) is 5.34. The lowest BCUT2D eigenvalue weighted by Crippen LogP contribution is -2.36. The number of benzene rings is 1. The Kier molecular flexibility index (Phi) is 6.43. The quantitative estimate of drug-likeness (QED) is 0.556. The first-order valence-corrected chi connectivity index (χ1v) is 11.8. The molecule has 3 heterocycles. The monoisotopic (exact) mass is 456 g/mol. The van der Waals surface area contributed by atoms with Crippen molar-refractivity contribution in [3.05, 3.63) is 57.9 Å². The number of aryl methyl sites for hydroxylation is 1. The maximum absolute atomic E-state index is 12.8. The van der Waals surface area contributed by atoms with Gasteiger partial charge in [0.25, 0.3) is 5.91 Å². The Morgan fingerprint density at radius 2 is 2.06 bits per heavy atom. The van der Waals surface area contributed by atoms with Crippen LogP contribution < -0.4 is 5.32 Å². The van der Waals surface area contributed by atoms with E-state index in [1.54, 1.807) is 13.0 Å². The first-order valence-electron chi connectivity index (χ1n) is 10.1. The lowest BCUT2D eigenvalue weighted by Gasteiger charge is -2.26. The second kappa shape index (κ2) is 9.23. The molecule has 9 heteroatoms. The number of anilines is 1. The number of nitrogens with one attached hydrogen (secondary N) is 1. The van der Waals surface area contributed by atoms with Gasteiger partial charge in [0.2, 0.25) is 5.91 Å². The summed E-state index contributed by atoms with van der Waals surface area (Å²) < 4.78 is 4.94. The van der Waals surface area contributed by atoms with E-state index in [-0.39, 0.29) is 17.5 Å². The molecule has 31 heavy (non-hydrogen) atoms. The zero-order chi connectivity index (χ0) is 22.0. The van der Waals surface area contributed by atoms with Crippen LogP contribution in [0.3, 0.4) is 0 Å². The zero-order valence-electron chi connectivity index (χ0n) is 17.7. The highest BCUT2D eigenvalue weighted by Gasteiger charge is 2.25. The van der Waals surface area contributed by atoms with E-state index in [1.165, 1.54) is 16.2 Å². The standard InChI is InChI=1S/C22H24N4O3S2/c1-13(2)30-16-6-4-15(5-7-16)11-20(27)26-9-8-17-19(12-26)31-22(23-17)24-21(28)18-10-14(3)29-25-18/h4-7,10,13H,8-9,11-12H2,1-3H3,(H,23,24,28). The van der Waals surface area contributed by atoms with Crippen molar-refractivity contribution in [2.75, 3.05) is 11.9 Å². The maximum atomic E-state index is 12.8. The molecule has 0 saturated carbocycles. The van der Waals surface area contributed by atoms with E-state index in [0.29, 0.717) is 42.1 Å². The number of aromatic nitrogens is 2. The molecule has 7 nitrogen and oxygen atoms in total. The van der Waals surface area contributed by atoms with Gasteiger partial charge in [0.05, 0.1) is 18.7 Å². The van der Waals surface area contributed by atoms with Gasteiger partial charge >= 0.3 is 0 Å². The normalized spacial score (nSPS) is 13.4. The van der Waals surface area contributed by atoms with E-state index in [9.17, 15) is 9.59 Å². The van der Waals surface area contributed by atoms with Crippen molar-refractivity contribution in [1.29, 1.82) is 0 Å². The zero-order valence-corrected chi connectivity index (χ0v) is 19.3. The Morgan fingerprint density at radius 3 is 2.74 bits per heavy atom. The third-order valence-electron chi connectivity index (χ3n) is 4.82. The molecule has 3 aromatic rings. The lowest BCUT2D eigenvalue weighted by atomic mass is 10.1. The minimum atomic E-state index is -0.352. The topological polar surface area (TPSA) is 88.3 Å². The average molecular weight is 457 g/mol. The number of thioether (sulfide) groups is 1. The van der Waals surface area contributed by atoms with Crippen LogP contribution in [0.1, 0.15) is 46.2 Å². The Morgan fingerprint density at radius 1 is 1.29 bits per heavy atom. The van der Waals surface area contributed by atoms with Crippen LogP contribution in [-0.2, 0) is 24.2 Å². The summed E-state index contributed by atoms with van der Waals surface area (Å²) in [7, 11) is 0. The van der Waals surface area contributed by atoms with Crippen LogP contribution in [-0.4, -0.2) is 38.6 Å². The molecule has 0 bridgehead atoms. The van der Waals surface area contributed by atoms with Gasteiger partial charge in [0.1, 0.15) is 5.76 Å². The lowest BCUT2D eigenvalue weighted by molar-refractivity contribution is -0.131. The minimum Gasteiger partial charge on any atom is -0.361 e. The first-order chi connectivity index (χ1) is 14.9. The molecule has 0 unspecified atom stereocenters. The van der Waals surface area contributed by atoms with E-state index >= 15 is 0 Å². The number of thiazole rings is 1. The molecule has 2 amide bonds. The molecule has 0 saturated heterocycles. The Hall–Kier alpha value is -2.65. The van der Waals surface area contributed by atoms with Crippen molar-refractivity contribution >= 4 is 40.0 Å². The van der Waals surface area contributed by atoms with Crippen LogP contribution in [0.25, 0.3) is 0 Å². The van der Waals surface area contributed by atoms with Gasteiger partial charge in [-0.25, -0.2) is 4.98 Å². The molecule has 0 spiro atoms. The molecule has 1 aliphatic heterocycles. The second-order valence-electron chi connectivity index (χ2n) is 7.72. The van der Waals surface area contributed by atoms with Crippen molar-refractivity contribution in [3.8, 4) is 0 Å². The summed E-state index contributed by atoms with van der Waals surface area (Å²) in [5, 5.41) is 7.54. The number of fused-ring (bicyclic) bond motifs is 1. The summed E-state index contributed by atoms with van der Waals surface area (Å²) in [5.74, 6) is 0.327. The summed E-state index contributed by atoms with van der Waals surface area (Å²) in [5.41, 5.74) is 2.18. The second-order valence-corrected chi connectivity index (χ2v) is 10.5. The average Bonchev–Trinajstić information content (AvgIpc) is 3.34. The maximum Gasteiger partial charge on any atom is 0.279 e. The highest BCUT2D eigenvalue weighted by molar-refractivity contribution is 7.99. The molecule has 2 aromatic heterocycles. The van der Waals surface area contributed by atoms with Crippen LogP contribution in [0.5, 0.6) is 0 Å². The first kappa shape index (κ1) is 21.6. The number of amides is 2. The van der Waals surface area contributed by atoms with Gasteiger partial charge in [-0.05, 0) is 24.6 Å². The summed E-state index contributed by atoms with van der Waals surface area (Å²) in [6, 6.07) is 9.80. The molecule has 1 aromatic carbocycles. The summed E-state index contributed by atoms with van der Waals surface area (Å²) >= 11 is 3.21. The molecule has 0 radical (unpaired) electrons. The van der Waals surface area contributed by atoms with Crippen LogP contribution in [0.4, 0.5) is 5.13 Å². The highest BCUT2D eigenvalue weighted by atomic mass is 32.2. The fraction of sp³-hybridized carbons (Fsp3) is 0.364. The van der Waals surface area contributed by atoms with Crippen LogP contribution in [0.2, 0.25) is 0 Å². The van der Waals surface area contributed by atoms with Crippen molar-refractivity contribution in [2.45, 2.75) is 50.3 Å². The number of carbonyl (C=O) groups excluding carboxylic acids is 2. The molecular weight excluding hydrogens is 432 g/mol. The molecule has 0 aliphatic carbocycles. The number of hydrogen-bond donors (Lipinski definition) is 1. The smallest absolute Gasteiger partial charge is 0.279 e. The SMILES string of the molecule is Cc1cc(C(=O)Nc2nc3c(s2)CN(C(=O)Cc2ccc(SC(C)C)cc2)CC3)no1. The molecule has 4 rings (SSSR count). The van der Waals surface area contributed by atoms with E-state index in [2.05, 4.69) is 41.4 Å². The van der Waals surface area contributed by atoms with Crippen molar-refractivity contribution in [2.24, 2.45) is 0 Å². The van der Waals surface area contributed by atoms with Crippen LogP contribution in [0.15, 0.2) is 39.8 Å². The van der Waals surface area contributed by atoms with E-state index in [0.717, 1.165) is 16.1 Å². The van der Waals surface area contributed by atoms with Gasteiger partial charge in [-0.2, -0.15) is 0 Å². The van der Waals surface area contributed by atoms with E-state index in [1.807, 2.05) is 28.8 Å². The van der Waals surface area contributed by atoms with Crippen LogP contribution in [0, 0.1) is 6.92 Å². The Balaban J connectivity index is 1.36. The van der Waals surface area contributed by atoms with E-state index in [4.69, 9.17) is 4.52 Å². The largest absolute Gasteiger partial charge is 0.361 e. The molecular formula is C22H24N4O3S2. The van der Waals surface area contributed by atoms with Gasteiger partial charge in [-0.15, -0.1) is 11.8 Å². The summed E-state index contributed by atoms with van der Waals surface area (Å²) in [6.45, 7) is 7.21.